The molecule has 114 valence electrons. The van der Waals surface area contributed by atoms with Crippen molar-refractivity contribution in [2.45, 2.75) is 51.6 Å². The molecule has 2 aliphatic heterocycles. The summed E-state index contributed by atoms with van der Waals surface area (Å²) in [4.78, 5) is 7.55. The van der Waals surface area contributed by atoms with Crippen molar-refractivity contribution in [2.24, 2.45) is 5.73 Å². The van der Waals surface area contributed by atoms with E-state index in [0.29, 0.717) is 11.0 Å². The van der Waals surface area contributed by atoms with Gasteiger partial charge >= 0.3 is 0 Å². The molecule has 0 bridgehead atoms. The summed E-state index contributed by atoms with van der Waals surface area (Å²) in [6, 6.07) is 3.34. The van der Waals surface area contributed by atoms with E-state index < -0.39 is 0 Å². The van der Waals surface area contributed by atoms with Crippen LogP contribution in [0.3, 0.4) is 0 Å². The third-order valence-electron chi connectivity index (χ3n) is 4.75. The topological polar surface area (TPSA) is 54.2 Å². The van der Waals surface area contributed by atoms with E-state index in [2.05, 4.69) is 21.3 Å². The fourth-order valence-electron chi connectivity index (χ4n) is 3.83. The van der Waals surface area contributed by atoms with Gasteiger partial charge in [-0.1, -0.05) is 12.2 Å². The lowest BCUT2D eigenvalue weighted by Crippen LogP contribution is -2.43. The number of aryl methyl sites for hydroxylation is 2. The zero-order chi connectivity index (χ0) is 15.0. The molecule has 1 aromatic rings. The Morgan fingerprint density at radius 3 is 2.95 bits per heavy atom. The number of piperidine rings is 1. The fraction of sp³-hybridized carbons (Fsp3) is 0.625. The van der Waals surface area contributed by atoms with Crippen LogP contribution in [-0.2, 0) is 0 Å². The molecule has 0 amide bonds. The molecule has 0 aliphatic carbocycles. The summed E-state index contributed by atoms with van der Waals surface area (Å²) in [5, 5.41) is 3.69. The van der Waals surface area contributed by atoms with Gasteiger partial charge in [-0.3, -0.25) is 4.98 Å². The maximum atomic E-state index is 5.90. The maximum absolute atomic E-state index is 5.90. The van der Waals surface area contributed by atoms with Gasteiger partial charge in [0.2, 0.25) is 0 Å². The largest absolute Gasteiger partial charge is 0.389 e. The Balaban J connectivity index is 1.79. The predicted octanol–water partition coefficient (Wildman–Crippen LogP) is 2.37. The SMILES string of the molecule is Cc1cc(NC2CCN3CCCC3C2)c(C(N)=S)c(C)n1. The van der Waals surface area contributed by atoms with E-state index in [-0.39, 0.29) is 0 Å². The molecule has 0 radical (unpaired) electrons. The summed E-state index contributed by atoms with van der Waals surface area (Å²) in [5.41, 5.74) is 9.79. The second-order valence-electron chi connectivity index (χ2n) is 6.33. The monoisotopic (exact) mass is 304 g/mol. The molecule has 5 heteroatoms. The molecule has 2 saturated heterocycles. The number of fused-ring (bicyclic) bond motifs is 1. The first-order valence-corrected chi connectivity index (χ1v) is 8.24. The zero-order valence-electron chi connectivity index (χ0n) is 12.9. The minimum atomic E-state index is 0.431. The van der Waals surface area contributed by atoms with Crippen LogP contribution >= 0.6 is 12.2 Å². The van der Waals surface area contributed by atoms with Crippen molar-refractivity contribution in [3.63, 3.8) is 0 Å². The lowest BCUT2D eigenvalue weighted by molar-refractivity contribution is 0.188. The van der Waals surface area contributed by atoms with Crippen LogP contribution in [0, 0.1) is 13.8 Å². The molecule has 3 rings (SSSR count). The highest BCUT2D eigenvalue weighted by Gasteiger charge is 2.31. The molecule has 4 nitrogen and oxygen atoms in total. The van der Waals surface area contributed by atoms with Crippen LogP contribution in [0.5, 0.6) is 0 Å². The van der Waals surface area contributed by atoms with Crippen LogP contribution in [0.2, 0.25) is 0 Å². The van der Waals surface area contributed by atoms with E-state index in [1.54, 1.807) is 0 Å². The summed E-state index contributed by atoms with van der Waals surface area (Å²) in [6.07, 6.45) is 5.10. The number of nitrogens with two attached hydrogens (primary N) is 1. The highest BCUT2D eigenvalue weighted by atomic mass is 32.1. The van der Waals surface area contributed by atoms with Gasteiger partial charge in [0.1, 0.15) is 4.99 Å². The molecular formula is C16H24N4S. The van der Waals surface area contributed by atoms with Crippen LogP contribution < -0.4 is 11.1 Å². The number of hydrogen-bond donors (Lipinski definition) is 2. The summed E-state index contributed by atoms with van der Waals surface area (Å²) >= 11 is 5.21. The van der Waals surface area contributed by atoms with Crippen molar-refractivity contribution in [1.29, 1.82) is 0 Å². The van der Waals surface area contributed by atoms with Crippen LogP contribution in [-0.4, -0.2) is 40.0 Å². The van der Waals surface area contributed by atoms with Gasteiger partial charge in [0.15, 0.2) is 0 Å². The first kappa shape index (κ1) is 14.7. The number of thiocarbonyl (C=S) groups is 1. The third kappa shape index (κ3) is 3.04. The molecule has 2 aliphatic rings. The predicted molar refractivity (Wildman–Crippen MR) is 90.8 cm³/mol. The minimum absolute atomic E-state index is 0.431. The van der Waals surface area contributed by atoms with Crippen molar-refractivity contribution in [1.82, 2.24) is 9.88 Å². The van der Waals surface area contributed by atoms with Crippen molar-refractivity contribution < 1.29 is 0 Å². The highest BCUT2D eigenvalue weighted by molar-refractivity contribution is 7.80. The number of pyridine rings is 1. The standard InChI is InChI=1S/C16H24N4S/c1-10-8-14(15(16(17)21)11(2)18-10)19-12-5-7-20-6-3-4-13(20)9-12/h8,12-13H,3-7,9H2,1-2H3,(H2,17,21)(H,18,19). The second kappa shape index (κ2) is 5.89. The van der Waals surface area contributed by atoms with Crippen LogP contribution in [0.15, 0.2) is 6.07 Å². The van der Waals surface area contributed by atoms with Crippen molar-refractivity contribution in [2.75, 3.05) is 18.4 Å². The number of nitrogens with one attached hydrogen (secondary N) is 1. The average molecular weight is 304 g/mol. The Morgan fingerprint density at radius 1 is 1.38 bits per heavy atom. The van der Waals surface area contributed by atoms with Gasteiger partial charge in [0, 0.05) is 35.7 Å². The van der Waals surface area contributed by atoms with Gasteiger partial charge in [-0.05, 0) is 52.1 Å². The number of aromatic nitrogens is 1. The van der Waals surface area contributed by atoms with Crippen molar-refractivity contribution in [3.05, 3.63) is 23.0 Å². The van der Waals surface area contributed by atoms with E-state index in [1.165, 1.54) is 38.8 Å². The van der Waals surface area contributed by atoms with E-state index in [4.69, 9.17) is 18.0 Å². The fourth-order valence-corrected chi connectivity index (χ4v) is 4.09. The van der Waals surface area contributed by atoms with E-state index in [1.807, 2.05) is 13.8 Å². The first-order valence-electron chi connectivity index (χ1n) is 7.83. The van der Waals surface area contributed by atoms with Crippen LogP contribution in [0.1, 0.15) is 42.6 Å². The summed E-state index contributed by atoms with van der Waals surface area (Å²) in [7, 11) is 0. The quantitative estimate of drug-likeness (QED) is 0.840. The summed E-state index contributed by atoms with van der Waals surface area (Å²) in [6.45, 7) is 6.48. The second-order valence-corrected chi connectivity index (χ2v) is 6.77. The smallest absolute Gasteiger partial charge is 0.107 e. The molecule has 0 spiro atoms. The van der Waals surface area contributed by atoms with E-state index in [0.717, 1.165) is 28.7 Å². The summed E-state index contributed by atoms with van der Waals surface area (Å²) in [5.74, 6) is 0. The zero-order valence-corrected chi connectivity index (χ0v) is 13.7. The minimum Gasteiger partial charge on any atom is -0.389 e. The highest BCUT2D eigenvalue weighted by Crippen LogP contribution is 2.30. The number of rotatable bonds is 3. The Morgan fingerprint density at radius 2 is 2.19 bits per heavy atom. The molecule has 3 heterocycles. The van der Waals surface area contributed by atoms with Crippen LogP contribution in [0.25, 0.3) is 0 Å². The Labute approximate surface area is 132 Å². The van der Waals surface area contributed by atoms with Gasteiger partial charge in [0.05, 0.1) is 5.56 Å². The van der Waals surface area contributed by atoms with E-state index in [9.17, 15) is 0 Å². The Kier molecular flexibility index (Phi) is 4.13. The number of anilines is 1. The average Bonchev–Trinajstić information content (AvgIpc) is 2.84. The molecule has 2 unspecified atom stereocenters. The molecule has 0 aromatic carbocycles. The molecule has 0 saturated carbocycles. The van der Waals surface area contributed by atoms with Crippen molar-refractivity contribution in [3.8, 4) is 0 Å². The first-order chi connectivity index (χ1) is 10.0. The van der Waals surface area contributed by atoms with Gasteiger partial charge in [-0.25, -0.2) is 0 Å². The van der Waals surface area contributed by atoms with Gasteiger partial charge in [-0.2, -0.15) is 0 Å². The molecule has 3 N–H and O–H groups in total. The molecular weight excluding hydrogens is 280 g/mol. The van der Waals surface area contributed by atoms with Gasteiger partial charge in [0.25, 0.3) is 0 Å². The lowest BCUT2D eigenvalue weighted by Gasteiger charge is -2.36. The number of nitrogens with zero attached hydrogens (tertiary/aromatic N) is 2. The molecule has 2 atom stereocenters. The normalized spacial score (nSPS) is 25.6. The van der Waals surface area contributed by atoms with Gasteiger partial charge < -0.3 is 16.0 Å². The summed E-state index contributed by atoms with van der Waals surface area (Å²) < 4.78 is 0. The Bertz CT molecular complexity index is 557. The molecule has 1 aromatic heterocycles. The maximum Gasteiger partial charge on any atom is 0.107 e. The van der Waals surface area contributed by atoms with Crippen LogP contribution in [0.4, 0.5) is 5.69 Å². The van der Waals surface area contributed by atoms with E-state index >= 15 is 0 Å². The molecule has 21 heavy (non-hydrogen) atoms. The number of hydrogen-bond acceptors (Lipinski definition) is 4. The molecule has 2 fully saturated rings. The van der Waals surface area contributed by atoms with Gasteiger partial charge in [-0.15, -0.1) is 0 Å². The third-order valence-corrected chi connectivity index (χ3v) is 4.96. The lowest BCUT2D eigenvalue weighted by atomic mass is 9.97. The van der Waals surface area contributed by atoms with Crippen molar-refractivity contribution >= 4 is 22.9 Å². The Hall–Kier alpha value is -1.20.